The van der Waals surface area contributed by atoms with Gasteiger partial charge in [0.25, 0.3) is 0 Å². The molecule has 0 saturated carbocycles. The van der Waals surface area contributed by atoms with Gasteiger partial charge in [0.2, 0.25) is 5.91 Å². The summed E-state index contributed by atoms with van der Waals surface area (Å²) in [7, 11) is 0. The number of nitrogens with one attached hydrogen (secondary N) is 1. The summed E-state index contributed by atoms with van der Waals surface area (Å²) in [6.45, 7) is 12.0. The Hall–Kier alpha value is -2.24. The van der Waals surface area contributed by atoms with E-state index in [0.717, 1.165) is 13.1 Å². The van der Waals surface area contributed by atoms with Crippen molar-refractivity contribution in [3.8, 4) is 0 Å². The second kappa shape index (κ2) is 7.56. The van der Waals surface area contributed by atoms with Crippen LogP contribution < -0.4 is 10.2 Å². The van der Waals surface area contributed by atoms with E-state index in [-0.39, 0.29) is 24.0 Å². The Morgan fingerprint density at radius 2 is 1.85 bits per heavy atom. The van der Waals surface area contributed by atoms with Gasteiger partial charge in [-0.25, -0.2) is 4.79 Å². The van der Waals surface area contributed by atoms with Gasteiger partial charge < -0.3 is 20.0 Å². The van der Waals surface area contributed by atoms with Gasteiger partial charge >= 0.3 is 6.03 Å². The first-order valence-corrected chi connectivity index (χ1v) is 9.53. The van der Waals surface area contributed by atoms with E-state index in [1.165, 1.54) is 16.8 Å². The molecule has 2 aliphatic rings. The third kappa shape index (κ3) is 3.79. The molecule has 2 aliphatic heterocycles. The molecule has 0 radical (unpaired) electrons. The fraction of sp³-hybridized carbons (Fsp3) is 0.600. The van der Waals surface area contributed by atoms with Crippen LogP contribution in [0.1, 0.15) is 31.4 Å². The number of rotatable bonds is 3. The summed E-state index contributed by atoms with van der Waals surface area (Å²) in [6, 6.07) is 6.44. The molecule has 2 saturated heterocycles. The van der Waals surface area contributed by atoms with Crippen LogP contribution in [0.4, 0.5) is 10.5 Å². The van der Waals surface area contributed by atoms with Crippen molar-refractivity contribution in [3.05, 3.63) is 29.3 Å². The van der Waals surface area contributed by atoms with Crippen molar-refractivity contribution in [2.24, 2.45) is 0 Å². The molecule has 1 N–H and O–H groups in total. The number of hydrogen-bond acceptors (Lipinski definition) is 3. The zero-order chi connectivity index (χ0) is 18.8. The van der Waals surface area contributed by atoms with Gasteiger partial charge in [-0.2, -0.15) is 0 Å². The van der Waals surface area contributed by atoms with Crippen molar-refractivity contribution in [1.82, 2.24) is 15.1 Å². The van der Waals surface area contributed by atoms with Crippen LogP contribution in [-0.4, -0.2) is 66.5 Å². The van der Waals surface area contributed by atoms with Crippen LogP contribution in [-0.2, 0) is 4.79 Å². The smallest absolute Gasteiger partial charge is 0.317 e. The largest absolute Gasteiger partial charge is 0.368 e. The lowest BCUT2D eigenvalue weighted by atomic mass is 10.1. The summed E-state index contributed by atoms with van der Waals surface area (Å²) in [5, 5.41) is 3.04. The number of piperazine rings is 1. The fourth-order valence-electron chi connectivity index (χ4n) is 3.82. The number of likely N-dealkylation sites (tertiary alicyclic amines) is 1. The number of urea groups is 1. The highest BCUT2D eigenvalue weighted by atomic mass is 16.2. The second-order valence-electron chi connectivity index (χ2n) is 7.68. The van der Waals surface area contributed by atoms with Crippen LogP contribution in [0.2, 0.25) is 0 Å². The highest BCUT2D eigenvalue weighted by Crippen LogP contribution is 2.24. The SMILES string of the molecule is Cc1cccc(N2CCN(C(=O)NC3CC(=O)N(C(C)C)C3)CC2)c1C. The van der Waals surface area contributed by atoms with E-state index in [1.54, 1.807) is 0 Å². The molecule has 6 nitrogen and oxygen atoms in total. The predicted octanol–water partition coefficient (Wildman–Crippen LogP) is 2.14. The molecule has 26 heavy (non-hydrogen) atoms. The highest BCUT2D eigenvalue weighted by Gasteiger charge is 2.33. The Morgan fingerprint density at radius 1 is 1.15 bits per heavy atom. The molecule has 0 aliphatic carbocycles. The summed E-state index contributed by atoms with van der Waals surface area (Å²) < 4.78 is 0. The number of carbonyl (C=O) groups excluding carboxylic acids is 2. The molecule has 1 aromatic carbocycles. The number of aryl methyl sites for hydroxylation is 1. The first-order chi connectivity index (χ1) is 12.4. The molecular weight excluding hydrogens is 328 g/mol. The Morgan fingerprint density at radius 3 is 2.46 bits per heavy atom. The van der Waals surface area contributed by atoms with Gasteiger partial charge in [0, 0.05) is 50.9 Å². The molecule has 1 aromatic rings. The second-order valence-corrected chi connectivity index (χ2v) is 7.68. The lowest BCUT2D eigenvalue weighted by Crippen LogP contribution is -2.54. The molecule has 3 rings (SSSR count). The van der Waals surface area contributed by atoms with E-state index < -0.39 is 0 Å². The van der Waals surface area contributed by atoms with Gasteiger partial charge in [0.1, 0.15) is 0 Å². The lowest BCUT2D eigenvalue weighted by Gasteiger charge is -2.37. The van der Waals surface area contributed by atoms with E-state index in [9.17, 15) is 9.59 Å². The minimum atomic E-state index is -0.0746. The molecule has 2 heterocycles. The van der Waals surface area contributed by atoms with E-state index in [0.29, 0.717) is 26.1 Å². The topological polar surface area (TPSA) is 55.9 Å². The molecule has 2 fully saturated rings. The molecule has 6 heteroatoms. The third-order valence-corrected chi connectivity index (χ3v) is 5.59. The normalized spacial score (nSPS) is 20.9. The minimum Gasteiger partial charge on any atom is -0.368 e. The van der Waals surface area contributed by atoms with Gasteiger partial charge in [-0.05, 0) is 44.9 Å². The number of amides is 3. The molecule has 0 aromatic heterocycles. The minimum absolute atomic E-state index is 0.0472. The summed E-state index contributed by atoms with van der Waals surface area (Å²) >= 11 is 0. The molecule has 0 bridgehead atoms. The van der Waals surface area contributed by atoms with Gasteiger partial charge in [-0.1, -0.05) is 12.1 Å². The zero-order valence-corrected chi connectivity index (χ0v) is 16.3. The van der Waals surface area contributed by atoms with Crippen LogP contribution in [0.3, 0.4) is 0 Å². The van der Waals surface area contributed by atoms with Crippen molar-refractivity contribution in [1.29, 1.82) is 0 Å². The van der Waals surface area contributed by atoms with Crippen LogP contribution in [0.15, 0.2) is 18.2 Å². The van der Waals surface area contributed by atoms with Gasteiger partial charge in [0.15, 0.2) is 0 Å². The molecule has 142 valence electrons. The van der Waals surface area contributed by atoms with Crippen molar-refractivity contribution < 1.29 is 9.59 Å². The van der Waals surface area contributed by atoms with Gasteiger partial charge in [0.05, 0.1) is 6.04 Å². The molecule has 1 atom stereocenters. The lowest BCUT2D eigenvalue weighted by molar-refractivity contribution is -0.129. The summed E-state index contributed by atoms with van der Waals surface area (Å²) in [5.74, 6) is 0.130. The van der Waals surface area contributed by atoms with Gasteiger partial charge in [-0.3, -0.25) is 4.79 Å². The Balaban J connectivity index is 1.53. The maximum absolute atomic E-state index is 12.6. The van der Waals surface area contributed by atoms with Crippen LogP contribution in [0.25, 0.3) is 0 Å². The number of nitrogens with zero attached hydrogens (tertiary/aromatic N) is 3. The molecule has 3 amide bonds. The van der Waals surface area contributed by atoms with Crippen LogP contribution in [0, 0.1) is 13.8 Å². The average Bonchev–Trinajstić information content (AvgIpc) is 2.98. The maximum Gasteiger partial charge on any atom is 0.317 e. The average molecular weight is 358 g/mol. The Labute approximate surface area is 156 Å². The van der Waals surface area contributed by atoms with E-state index in [2.05, 4.69) is 42.3 Å². The van der Waals surface area contributed by atoms with Crippen molar-refractivity contribution in [3.63, 3.8) is 0 Å². The van der Waals surface area contributed by atoms with Crippen molar-refractivity contribution in [2.45, 2.75) is 46.2 Å². The van der Waals surface area contributed by atoms with Crippen LogP contribution in [0.5, 0.6) is 0 Å². The van der Waals surface area contributed by atoms with Gasteiger partial charge in [-0.15, -0.1) is 0 Å². The van der Waals surface area contributed by atoms with E-state index in [1.807, 2.05) is 23.6 Å². The Bertz CT molecular complexity index is 680. The number of hydrogen-bond donors (Lipinski definition) is 1. The van der Waals surface area contributed by atoms with E-state index >= 15 is 0 Å². The number of anilines is 1. The monoisotopic (exact) mass is 358 g/mol. The van der Waals surface area contributed by atoms with E-state index in [4.69, 9.17) is 0 Å². The fourth-order valence-corrected chi connectivity index (χ4v) is 3.82. The standard InChI is InChI=1S/C20H30N4O2/c1-14(2)24-13-17(12-19(24)25)21-20(26)23-10-8-22(9-11-23)18-7-5-6-15(3)16(18)4/h5-7,14,17H,8-13H2,1-4H3,(H,21,26). The zero-order valence-electron chi connectivity index (χ0n) is 16.3. The van der Waals surface area contributed by atoms with Crippen molar-refractivity contribution in [2.75, 3.05) is 37.6 Å². The first kappa shape index (κ1) is 18.5. The first-order valence-electron chi connectivity index (χ1n) is 9.53. The quantitative estimate of drug-likeness (QED) is 0.901. The summed E-state index contributed by atoms with van der Waals surface area (Å²) in [5.41, 5.74) is 3.87. The number of benzene rings is 1. The predicted molar refractivity (Wildman–Crippen MR) is 103 cm³/mol. The molecule has 0 spiro atoms. The molecule has 1 unspecified atom stereocenters. The highest BCUT2D eigenvalue weighted by molar-refractivity contribution is 5.82. The molecular formula is C20H30N4O2. The Kier molecular flexibility index (Phi) is 5.39. The van der Waals surface area contributed by atoms with Crippen molar-refractivity contribution >= 4 is 17.6 Å². The summed E-state index contributed by atoms with van der Waals surface area (Å²) in [4.78, 5) is 30.6. The number of carbonyl (C=O) groups is 2. The maximum atomic E-state index is 12.6. The van der Waals surface area contributed by atoms with Crippen LogP contribution >= 0.6 is 0 Å². The third-order valence-electron chi connectivity index (χ3n) is 5.59. The summed E-state index contributed by atoms with van der Waals surface area (Å²) in [6.07, 6.45) is 0.409.